The smallest absolute Gasteiger partial charge is 0.408 e. The van der Waals surface area contributed by atoms with Gasteiger partial charge in [-0.15, -0.1) is 0 Å². The number of benzene rings is 1. The zero-order chi connectivity index (χ0) is 35.1. The third-order valence-corrected chi connectivity index (χ3v) is 7.06. The minimum absolute atomic E-state index is 0.0364. The van der Waals surface area contributed by atoms with Crippen molar-refractivity contribution in [2.75, 3.05) is 20.2 Å². The number of nitrogens with zero attached hydrogens (tertiary/aromatic N) is 1. The summed E-state index contributed by atoms with van der Waals surface area (Å²) in [6.07, 6.45) is -6.11. The van der Waals surface area contributed by atoms with Gasteiger partial charge in [-0.3, -0.25) is 14.4 Å². The molecule has 1 aromatic rings. The SMILES string of the molecule is COC1C[C@@H](C(=O)N[C@@H](CC(F)F)C(=O)NCCc2c(F)cc(C(=O)O)cc2F)N(C(=O)[C@@H](NC(=O)OC(C)(C)C)C(C)(C)C)C1. The molecule has 0 radical (unpaired) electrons. The van der Waals surface area contributed by atoms with Crippen LogP contribution >= 0.6 is 0 Å². The second kappa shape index (κ2) is 15.6. The predicted octanol–water partition coefficient (Wildman–Crippen LogP) is 3.02. The Labute approximate surface area is 264 Å². The van der Waals surface area contributed by atoms with Gasteiger partial charge in [0.2, 0.25) is 24.1 Å². The number of methoxy groups -OCH3 is 1. The van der Waals surface area contributed by atoms with Crippen LogP contribution in [0.1, 0.15) is 70.3 Å². The minimum atomic E-state index is -3.04. The highest BCUT2D eigenvalue weighted by Crippen LogP contribution is 2.28. The van der Waals surface area contributed by atoms with Crippen LogP contribution in [0.15, 0.2) is 12.1 Å². The van der Waals surface area contributed by atoms with Gasteiger partial charge in [0.1, 0.15) is 35.4 Å². The first kappa shape index (κ1) is 38.2. The van der Waals surface area contributed by atoms with Crippen LogP contribution in [0, 0.1) is 17.0 Å². The van der Waals surface area contributed by atoms with Crippen LogP contribution in [-0.4, -0.2) is 96.2 Å². The van der Waals surface area contributed by atoms with E-state index in [9.17, 15) is 41.5 Å². The van der Waals surface area contributed by atoms with Gasteiger partial charge in [-0.25, -0.2) is 27.2 Å². The Balaban J connectivity index is 2.21. The summed E-state index contributed by atoms with van der Waals surface area (Å²) in [5.41, 5.74) is -2.86. The van der Waals surface area contributed by atoms with Crippen LogP contribution in [0.4, 0.5) is 22.4 Å². The molecule has 0 bridgehead atoms. The quantitative estimate of drug-likeness (QED) is 0.248. The lowest BCUT2D eigenvalue weighted by Crippen LogP contribution is -2.59. The van der Waals surface area contributed by atoms with Gasteiger partial charge in [0.05, 0.1) is 11.7 Å². The van der Waals surface area contributed by atoms with Gasteiger partial charge in [0.25, 0.3) is 0 Å². The number of alkyl carbamates (subject to hydrolysis) is 1. The number of rotatable bonds is 12. The summed E-state index contributed by atoms with van der Waals surface area (Å²) in [4.78, 5) is 64.8. The minimum Gasteiger partial charge on any atom is -0.478 e. The van der Waals surface area contributed by atoms with E-state index in [0.29, 0.717) is 12.1 Å². The Morgan fingerprint density at radius 1 is 1.02 bits per heavy atom. The molecule has 0 aromatic heterocycles. The van der Waals surface area contributed by atoms with E-state index in [1.165, 1.54) is 7.11 Å². The third kappa shape index (κ3) is 10.8. The summed E-state index contributed by atoms with van der Waals surface area (Å²) >= 11 is 0. The lowest BCUT2D eigenvalue weighted by molar-refractivity contribution is -0.143. The number of alkyl halides is 2. The Hall–Kier alpha value is -3.95. The van der Waals surface area contributed by atoms with Gasteiger partial charge in [-0.05, 0) is 44.7 Å². The Bertz CT molecular complexity index is 1280. The number of carbonyl (C=O) groups excluding carboxylic acids is 4. The molecule has 1 aromatic carbocycles. The zero-order valence-electron chi connectivity index (χ0n) is 26.8. The standard InChI is InChI=1S/C30H42F4N4O8/c1-29(2,3)23(37-28(44)46-30(4,5)6)26(41)38-14-16(45-7)12-21(38)25(40)36-20(13-22(33)34)24(39)35-9-8-17-18(31)10-15(27(42)43)11-19(17)32/h10-11,16,20-23H,8-9,12-14H2,1-7H3,(H,35,39)(H,36,40)(H,37,44)(H,42,43)/t16?,20-,21-,23+/m0/s1. The summed E-state index contributed by atoms with van der Waals surface area (Å²) < 4.78 is 66.1. The second-order valence-electron chi connectivity index (χ2n) is 13.0. The molecule has 4 N–H and O–H groups in total. The van der Waals surface area contributed by atoms with Crippen LogP contribution in [0.2, 0.25) is 0 Å². The third-order valence-electron chi connectivity index (χ3n) is 7.06. The van der Waals surface area contributed by atoms with Crippen molar-refractivity contribution < 1.29 is 56.1 Å². The summed E-state index contributed by atoms with van der Waals surface area (Å²) in [6.45, 7) is 9.49. The fourth-order valence-corrected chi connectivity index (χ4v) is 4.78. The first-order valence-electron chi connectivity index (χ1n) is 14.5. The number of halogens is 4. The molecule has 4 atom stereocenters. The molecule has 1 saturated heterocycles. The highest BCUT2D eigenvalue weighted by atomic mass is 19.3. The normalized spacial score (nSPS) is 18.1. The fourth-order valence-electron chi connectivity index (χ4n) is 4.78. The molecular weight excluding hydrogens is 620 g/mol. The number of nitrogens with one attached hydrogen (secondary N) is 3. The van der Waals surface area contributed by atoms with E-state index in [4.69, 9.17) is 14.6 Å². The Kier molecular flexibility index (Phi) is 12.9. The Morgan fingerprint density at radius 3 is 2.09 bits per heavy atom. The van der Waals surface area contributed by atoms with E-state index in [1.807, 2.05) is 0 Å². The average Bonchev–Trinajstić information content (AvgIpc) is 3.35. The number of carboxylic acid groups (broad SMARTS) is 1. The molecule has 1 heterocycles. The predicted molar refractivity (Wildman–Crippen MR) is 156 cm³/mol. The molecule has 16 heteroatoms. The monoisotopic (exact) mass is 662 g/mol. The molecule has 46 heavy (non-hydrogen) atoms. The van der Waals surface area contributed by atoms with Crippen molar-refractivity contribution >= 4 is 29.8 Å². The van der Waals surface area contributed by atoms with E-state index >= 15 is 0 Å². The van der Waals surface area contributed by atoms with E-state index in [2.05, 4.69) is 16.0 Å². The molecule has 1 fully saturated rings. The maximum atomic E-state index is 14.3. The molecule has 0 spiro atoms. The van der Waals surface area contributed by atoms with Crippen molar-refractivity contribution in [2.24, 2.45) is 5.41 Å². The van der Waals surface area contributed by atoms with E-state index < -0.39 is 114 Å². The van der Waals surface area contributed by atoms with Crippen molar-refractivity contribution in [3.63, 3.8) is 0 Å². The van der Waals surface area contributed by atoms with Crippen LogP contribution in [-0.2, 0) is 30.3 Å². The van der Waals surface area contributed by atoms with Crippen LogP contribution in [0.25, 0.3) is 0 Å². The van der Waals surface area contributed by atoms with Gasteiger partial charge in [0.15, 0.2) is 0 Å². The lowest BCUT2D eigenvalue weighted by Gasteiger charge is -2.36. The number of aromatic carboxylic acids is 1. The van der Waals surface area contributed by atoms with Crippen LogP contribution in [0.3, 0.4) is 0 Å². The molecule has 2 rings (SSSR count). The molecule has 1 aliphatic rings. The van der Waals surface area contributed by atoms with Gasteiger partial charge < -0.3 is 35.4 Å². The average molecular weight is 663 g/mol. The van der Waals surface area contributed by atoms with Crippen molar-refractivity contribution in [3.05, 3.63) is 34.9 Å². The van der Waals surface area contributed by atoms with E-state index in [0.717, 1.165) is 4.90 Å². The summed E-state index contributed by atoms with van der Waals surface area (Å²) in [6, 6.07) is -2.99. The molecule has 0 aliphatic carbocycles. The highest BCUT2D eigenvalue weighted by Gasteiger charge is 2.46. The molecule has 0 saturated carbocycles. The van der Waals surface area contributed by atoms with Gasteiger partial charge in [-0.1, -0.05) is 20.8 Å². The molecule has 258 valence electrons. The van der Waals surface area contributed by atoms with Crippen LogP contribution in [0.5, 0.6) is 0 Å². The van der Waals surface area contributed by atoms with E-state index in [1.54, 1.807) is 41.5 Å². The van der Waals surface area contributed by atoms with Gasteiger partial charge >= 0.3 is 12.1 Å². The molecule has 4 amide bonds. The number of likely N-dealkylation sites (tertiary alicyclic amines) is 1. The molecular formula is C30H42F4N4O8. The fraction of sp³-hybridized carbons (Fsp3) is 0.633. The number of hydrogen-bond acceptors (Lipinski definition) is 7. The topological polar surface area (TPSA) is 163 Å². The Morgan fingerprint density at radius 2 is 1.61 bits per heavy atom. The van der Waals surface area contributed by atoms with Crippen LogP contribution < -0.4 is 16.0 Å². The summed E-state index contributed by atoms with van der Waals surface area (Å²) in [5.74, 6) is -6.55. The van der Waals surface area contributed by atoms with Crippen molar-refractivity contribution in [3.8, 4) is 0 Å². The first-order valence-corrected chi connectivity index (χ1v) is 14.5. The number of amides is 4. The highest BCUT2D eigenvalue weighted by molar-refractivity contribution is 5.94. The van der Waals surface area contributed by atoms with Crippen molar-refractivity contribution in [2.45, 2.75) is 97.1 Å². The van der Waals surface area contributed by atoms with E-state index in [-0.39, 0.29) is 13.0 Å². The summed E-state index contributed by atoms with van der Waals surface area (Å²) in [7, 11) is 1.36. The maximum absolute atomic E-state index is 14.3. The first-order chi connectivity index (χ1) is 21.1. The molecule has 1 unspecified atom stereocenters. The number of carboxylic acids is 1. The second-order valence-corrected chi connectivity index (χ2v) is 13.0. The van der Waals surface area contributed by atoms with Crippen molar-refractivity contribution in [1.29, 1.82) is 0 Å². The lowest BCUT2D eigenvalue weighted by atomic mass is 9.85. The maximum Gasteiger partial charge on any atom is 0.408 e. The molecule has 12 nitrogen and oxygen atoms in total. The van der Waals surface area contributed by atoms with Gasteiger partial charge in [-0.2, -0.15) is 0 Å². The van der Waals surface area contributed by atoms with Crippen molar-refractivity contribution in [1.82, 2.24) is 20.9 Å². The zero-order valence-corrected chi connectivity index (χ0v) is 26.8. The summed E-state index contributed by atoms with van der Waals surface area (Å²) in [5, 5.41) is 16.0. The van der Waals surface area contributed by atoms with Gasteiger partial charge in [0, 0.05) is 38.6 Å². The number of carbonyl (C=O) groups is 5. The largest absolute Gasteiger partial charge is 0.478 e. The number of ether oxygens (including phenoxy) is 2. The molecule has 1 aliphatic heterocycles. The number of hydrogen-bond donors (Lipinski definition) is 4.